The molecule has 0 aliphatic carbocycles. The highest BCUT2D eigenvalue weighted by Crippen LogP contribution is 2.22. The maximum absolute atomic E-state index is 9.69. The minimum Gasteiger partial charge on any atom is -0.389 e. The van der Waals surface area contributed by atoms with E-state index in [0.717, 1.165) is 5.69 Å². The molecule has 2 heteroatoms. The molecule has 0 saturated heterocycles. The third-order valence-electron chi connectivity index (χ3n) is 2.64. The molecule has 1 aromatic rings. The van der Waals surface area contributed by atoms with Gasteiger partial charge in [0.15, 0.2) is 0 Å². The molecule has 0 amide bonds. The van der Waals surface area contributed by atoms with Gasteiger partial charge in [-0.25, -0.2) is 0 Å². The number of hydrogen-bond acceptors (Lipinski definition) is 2. The number of aryl methyl sites for hydroxylation is 1. The number of anilines is 1. The summed E-state index contributed by atoms with van der Waals surface area (Å²) < 4.78 is 0. The molecule has 0 aliphatic heterocycles. The first-order valence-corrected chi connectivity index (χ1v) is 5.86. The van der Waals surface area contributed by atoms with Crippen molar-refractivity contribution < 1.29 is 5.11 Å². The molecule has 0 unspecified atom stereocenters. The van der Waals surface area contributed by atoms with Gasteiger partial charge in [0, 0.05) is 12.2 Å². The number of nitrogens with one attached hydrogen (secondary N) is 1. The van der Waals surface area contributed by atoms with Gasteiger partial charge in [-0.3, -0.25) is 0 Å². The van der Waals surface area contributed by atoms with Gasteiger partial charge in [0.2, 0.25) is 0 Å². The van der Waals surface area contributed by atoms with Crippen LogP contribution in [0.25, 0.3) is 0 Å². The summed E-state index contributed by atoms with van der Waals surface area (Å²) >= 11 is 0. The van der Waals surface area contributed by atoms with Crippen molar-refractivity contribution in [2.75, 3.05) is 11.9 Å². The van der Waals surface area contributed by atoms with Crippen LogP contribution in [0.5, 0.6) is 0 Å². The zero-order chi connectivity index (χ0) is 12.3. The Kier molecular flexibility index (Phi) is 3.98. The lowest BCUT2D eigenvalue weighted by Gasteiger charge is -2.20. The monoisotopic (exact) mass is 221 g/mol. The molecule has 0 fully saturated rings. The fourth-order valence-electron chi connectivity index (χ4n) is 1.50. The summed E-state index contributed by atoms with van der Waals surface area (Å²) in [4.78, 5) is 0. The first kappa shape index (κ1) is 13.0. The molecule has 0 radical (unpaired) electrons. The Morgan fingerprint density at radius 1 is 1.31 bits per heavy atom. The summed E-state index contributed by atoms with van der Waals surface area (Å²) in [6.45, 7) is 10.6. The van der Waals surface area contributed by atoms with Crippen molar-refractivity contribution in [3.05, 3.63) is 29.3 Å². The van der Waals surface area contributed by atoms with Gasteiger partial charge in [0.25, 0.3) is 0 Å². The summed E-state index contributed by atoms with van der Waals surface area (Å²) in [5.74, 6) is 0.531. The number of aliphatic hydroxyl groups is 1. The second-order valence-electron chi connectivity index (χ2n) is 5.40. The van der Waals surface area contributed by atoms with Crippen molar-refractivity contribution in [1.29, 1.82) is 0 Å². The van der Waals surface area contributed by atoms with Crippen molar-refractivity contribution in [3.8, 4) is 0 Å². The van der Waals surface area contributed by atoms with Gasteiger partial charge in [0.05, 0.1) is 5.60 Å². The first-order valence-electron chi connectivity index (χ1n) is 5.86. The summed E-state index contributed by atoms with van der Waals surface area (Å²) in [5.41, 5.74) is 2.98. The third-order valence-corrected chi connectivity index (χ3v) is 2.64. The van der Waals surface area contributed by atoms with Gasteiger partial charge >= 0.3 is 0 Å². The molecule has 16 heavy (non-hydrogen) atoms. The Morgan fingerprint density at radius 3 is 2.44 bits per heavy atom. The van der Waals surface area contributed by atoms with E-state index < -0.39 is 5.60 Å². The maximum Gasteiger partial charge on any atom is 0.0763 e. The van der Waals surface area contributed by atoms with Gasteiger partial charge < -0.3 is 10.4 Å². The van der Waals surface area contributed by atoms with Crippen LogP contribution in [-0.2, 0) is 0 Å². The first-order chi connectivity index (χ1) is 7.29. The van der Waals surface area contributed by atoms with E-state index in [9.17, 15) is 5.11 Å². The SMILES string of the molecule is Cc1ccc(C(C)C)cc1NCC(C)(C)O. The zero-order valence-corrected chi connectivity index (χ0v) is 11.0. The molecular weight excluding hydrogens is 198 g/mol. The van der Waals surface area contributed by atoms with E-state index in [0.29, 0.717) is 12.5 Å². The van der Waals surface area contributed by atoms with E-state index in [1.54, 1.807) is 0 Å². The minimum absolute atomic E-state index is 0.531. The van der Waals surface area contributed by atoms with Crippen LogP contribution in [0, 0.1) is 6.92 Å². The fourth-order valence-corrected chi connectivity index (χ4v) is 1.50. The zero-order valence-electron chi connectivity index (χ0n) is 11.0. The van der Waals surface area contributed by atoms with Crippen LogP contribution in [0.15, 0.2) is 18.2 Å². The van der Waals surface area contributed by atoms with E-state index in [1.165, 1.54) is 11.1 Å². The smallest absolute Gasteiger partial charge is 0.0763 e. The molecule has 1 rings (SSSR count). The molecule has 2 nitrogen and oxygen atoms in total. The van der Waals surface area contributed by atoms with Crippen molar-refractivity contribution in [1.82, 2.24) is 0 Å². The standard InChI is InChI=1S/C14H23NO/c1-10(2)12-7-6-11(3)13(8-12)15-9-14(4,5)16/h6-8,10,15-16H,9H2,1-5H3. The van der Waals surface area contributed by atoms with Gasteiger partial charge in [-0.15, -0.1) is 0 Å². The Labute approximate surface area is 98.7 Å². The van der Waals surface area contributed by atoms with Crippen LogP contribution in [-0.4, -0.2) is 17.3 Å². The van der Waals surface area contributed by atoms with Gasteiger partial charge in [-0.1, -0.05) is 26.0 Å². The van der Waals surface area contributed by atoms with Gasteiger partial charge in [-0.2, -0.15) is 0 Å². The van der Waals surface area contributed by atoms with Gasteiger partial charge in [0.1, 0.15) is 0 Å². The largest absolute Gasteiger partial charge is 0.389 e. The van der Waals surface area contributed by atoms with E-state index in [2.05, 4.69) is 44.3 Å². The highest BCUT2D eigenvalue weighted by molar-refractivity contribution is 5.53. The summed E-state index contributed by atoms with van der Waals surface area (Å²) in [6.07, 6.45) is 0. The molecule has 0 saturated carbocycles. The summed E-state index contributed by atoms with van der Waals surface area (Å²) in [7, 11) is 0. The van der Waals surface area contributed by atoms with Crippen molar-refractivity contribution in [3.63, 3.8) is 0 Å². The van der Waals surface area contributed by atoms with E-state index >= 15 is 0 Å². The molecule has 90 valence electrons. The Hall–Kier alpha value is -1.02. The Bertz CT molecular complexity index is 350. The molecule has 0 bridgehead atoms. The highest BCUT2D eigenvalue weighted by Gasteiger charge is 2.12. The van der Waals surface area contributed by atoms with Crippen LogP contribution >= 0.6 is 0 Å². The van der Waals surface area contributed by atoms with Crippen LogP contribution < -0.4 is 5.32 Å². The van der Waals surface area contributed by atoms with Crippen molar-refractivity contribution in [2.24, 2.45) is 0 Å². The maximum atomic E-state index is 9.69. The number of hydrogen-bond donors (Lipinski definition) is 2. The molecule has 0 spiro atoms. The lowest BCUT2D eigenvalue weighted by Crippen LogP contribution is -2.29. The molecule has 0 aromatic heterocycles. The van der Waals surface area contributed by atoms with Crippen LogP contribution in [0.2, 0.25) is 0 Å². The fraction of sp³-hybridized carbons (Fsp3) is 0.571. The molecule has 0 heterocycles. The van der Waals surface area contributed by atoms with E-state index in [4.69, 9.17) is 0 Å². The predicted molar refractivity (Wildman–Crippen MR) is 70.1 cm³/mol. The average Bonchev–Trinajstić information content (AvgIpc) is 2.14. The molecule has 0 atom stereocenters. The topological polar surface area (TPSA) is 32.3 Å². The van der Waals surface area contributed by atoms with Crippen molar-refractivity contribution >= 4 is 5.69 Å². The van der Waals surface area contributed by atoms with Gasteiger partial charge in [-0.05, 0) is 43.9 Å². The van der Waals surface area contributed by atoms with E-state index in [1.807, 2.05) is 13.8 Å². The lowest BCUT2D eigenvalue weighted by molar-refractivity contribution is 0.0945. The molecule has 1 aromatic carbocycles. The number of benzene rings is 1. The van der Waals surface area contributed by atoms with Crippen LogP contribution in [0.1, 0.15) is 44.7 Å². The van der Waals surface area contributed by atoms with Crippen molar-refractivity contribution in [2.45, 2.75) is 46.1 Å². The third kappa shape index (κ3) is 3.86. The average molecular weight is 221 g/mol. The lowest BCUT2D eigenvalue weighted by atomic mass is 10.0. The highest BCUT2D eigenvalue weighted by atomic mass is 16.3. The Balaban J connectivity index is 2.82. The van der Waals surface area contributed by atoms with Crippen LogP contribution in [0.4, 0.5) is 5.69 Å². The quantitative estimate of drug-likeness (QED) is 0.817. The van der Waals surface area contributed by atoms with Crippen LogP contribution in [0.3, 0.4) is 0 Å². The normalized spacial score (nSPS) is 11.9. The molecule has 2 N–H and O–H groups in total. The summed E-state index contributed by atoms with van der Waals surface area (Å²) in [6, 6.07) is 6.46. The number of rotatable bonds is 4. The minimum atomic E-state index is -0.680. The second kappa shape index (κ2) is 4.88. The van der Waals surface area contributed by atoms with E-state index in [-0.39, 0.29) is 0 Å². The summed E-state index contributed by atoms with van der Waals surface area (Å²) in [5, 5.41) is 13.0. The molecule has 0 aliphatic rings. The predicted octanol–water partition coefficient (Wildman–Crippen LogP) is 3.30. The Morgan fingerprint density at radius 2 is 1.94 bits per heavy atom. The molecular formula is C14H23NO. The second-order valence-corrected chi connectivity index (χ2v) is 5.40.